The van der Waals surface area contributed by atoms with Crippen LogP contribution in [0, 0.1) is 28.6 Å². The Bertz CT molecular complexity index is 825. The zero-order chi connectivity index (χ0) is 23.1. The van der Waals surface area contributed by atoms with Gasteiger partial charge >= 0.3 is 5.97 Å². The molecule has 4 rings (SSSR count). The van der Waals surface area contributed by atoms with Crippen molar-refractivity contribution in [3.8, 4) is 0 Å². The van der Waals surface area contributed by atoms with E-state index in [1.807, 2.05) is 0 Å². The summed E-state index contributed by atoms with van der Waals surface area (Å²) in [6.45, 7) is 3.63. The lowest BCUT2D eigenvalue weighted by molar-refractivity contribution is -0.143. The van der Waals surface area contributed by atoms with E-state index in [1.165, 1.54) is 12.0 Å². The maximum absolute atomic E-state index is 11.8. The van der Waals surface area contributed by atoms with Gasteiger partial charge in [0.2, 0.25) is 0 Å². The van der Waals surface area contributed by atoms with Crippen LogP contribution in [-0.4, -0.2) is 58.3 Å². The summed E-state index contributed by atoms with van der Waals surface area (Å²) in [5, 5.41) is 34.8. The lowest BCUT2D eigenvalue weighted by Gasteiger charge is -2.57. The number of fused-ring (bicyclic) bond motifs is 5. The largest absolute Gasteiger partial charge is 0.480 e. The van der Waals surface area contributed by atoms with Gasteiger partial charge in [-0.25, -0.2) is 4.79 Å². The molecule has 0 bridgehead atoms. The van der Waals surface area contributed by atoms with Crippen molar-refractivity contribution >= 4 is 17.6 Å². The molecule has 32 heavy (non-hydrogen) atoms. The van der Waals surface area contributed by atoms with Crippen LogP contribution in [0.1, 0.15) is 65.2 Å². The number of rotatable bonds is 6. The van der Waals surface area contributed by atoms with E-state index in [-0.39, 0.29) is 23.5 Å². The maximum atomic E-state index is 11.8. The fraction of sp³-hybridized carbons (Fsp3) is 0.792. The van der Waals surface area contributed by atoms with Gasteiger partial charge in [0.1, 0.15) is 6.04 Å². The highest BCUT2D eigenvalue weighted by molar-refractivity contribution is 5.96. The minimum atomic E-state index is -1.34. The van der Waals surface area contributed by atoms with Crippen molar-refractivity contribution in [2.45, 2.75) is 77.4 Å². The Kier molecular flexibility index (Phi) is 6.38. The number of amides is 1. The Morgan fingerprint density at radius 2 is 1.97 bits per heavy atom. The van der Waals surface area contributed by atoms with Crippen LogP contribution in [0.2, 0.25) is 0 Å². The minimum Gasteiger partial charge on any atom is -0.480 e. The summed E-state index contributed by atoms with van der Waals surface area (Å²) in [5.41, 5.74) is 2.48. The van der Waals surface area contributed by atoms with E-state index in [2.05, 4.69) is 30.4 Å². The number of aliphatic hydroxyl groups is 2. The molecule has 0 aromatic rings. The second-order valence-corrected chi connectivity index (χ2v) is 10.6. The van der Waals surface area contributed by atoms with E-state index < -0.39 is 24.5 Å². The number of carbonyl (C=O) groups excluding carboxylic acids is 1. The number of nitrogens with one attached hydrogen (secondary N) is 1. The number of aliphatic carboxylic acids is 1. The summed E-state index contributed by atoms with van der Waals surface area (Å²) in [7, 11) is 0. The highest BCUT2D eigenvalue weighted by atomic mass is 16.6. The zero-order valence-electron chi connectivity index (χ0n) is 19.0. The predicted molar refractivity (Wildman–Crippen MR) is 118 cm³/mol. The molecular weight excluding hydrogens is 412 g/mol. The summed E-state index contributed by atoms with van der Waals surface area (Å²) in [5.74, 6) is 0.0219. The van der Waals surface area contributed by atoms with Crippen LogP contribution in [0.5, 0.6) is 0 Å². The lowest BCUT2D eigenvalue weighted by atomic mass is 9.47. The van der Waals surface area contributed by atoms with Crippen LogP contribution in [0.4, 0.5) is 0 Å². The predicted octanol–water partition coefficient (Wildman–Crippen LogP) is 2.24. The van der Waals surface area contributed by atoms with Crippen molar-refractivity contribution in [1.29, 1.82) is 0 Å². The standard InChI is InChI=1S/C24H36N2O6/c1-23-9-7-15(26-32-13-21(29)25-19(12-27)22(30)31)11-14(23)3-4-16-17-5-6-20(28)24(17,2)10-8-18(16)23/h11,16-20,27-28H,3-10,12-13H2,1-2H3,(H,25,29)(H,30,31)/b26-15-/t16-,17-,18-,19+,20+,23-,24-/m0/s1. The maximum Gasteiger partial charge on any atom is 0.328 e. The van der Waals surface area contributed by atoms with E-state index >= 15 is 0 Å². The second kappa shape index (κ2) is 8.78. The average Bonchev–Trinajstić information content (AvgIpc) is 3.06. The Balaban J connectivity index is 1.39. The summed E-state index contributed by atoms with van der Waals surface area (Å²) in [4.78, 5) is 27.9. The number of carbonyl (C=O) groups is 2. The first-order valence-electron chi connectivity index (χ1n) is 11.9. The van der Waals surface area contributed by atoms with Crippen LogP contribution in [0.15, 0.2) is 16.8 Å². The smallest absolute Gasteiger partial charge is 0.328 e. The van der Waals surface area contributed by atoms with Crippen molar-refractivity contribution in [3.05, 3.63) is 11.6 Å². The SMILES string of the molecule is C[C@]12CC[C@H]3[C@@H](CCC4=C/C(=N\OCC(=O)N[C@H](CO)C(=O)O)CC[C@@]43C)[C@@H]1CC[C@H]2O. The third kappa shape index (κ3) is 3.96. The van der Waals surface area contributed by atoms with Crippen molar-refractivity contribution < 1.29 is 29.7 Å². The molecule has 0 aromatic heterocycles. The van der Waals surface area contributed by atoms with Crippen molar-refractivity contribution in [3.63, 3.8) is 0 Å². The van der Waals surface area contributed by atoms with E-state index in [0.29, 0.717) is 17.8 Å². The van der Waals surface area contributed by atoms with Crippen LogP contribution in [0.3, 0.4) is 0 Å². The third-order valence-electron chi connectivity index (χ3n) is 9.12. The Labute approximate surface area is 189 Å². The van der Waals surface area contributed by atoms with Gasteiger partial charge in [0.05, 0.1) is 18.4 Å². The van der Waals surface area contributed by atoms with E-state index in [1.54, 1.807) is 0 Å². The molecule has 3 fully saturated rings. The van der Waals surface area contributed by atoms with Crippen molar-refractivity contribution in [2.24, 2.45) is 33.7 Å². The van der Waals surface area contributed by atoms with Gasteiger partial charge in [0.25, 0.3) is 5.91 Å². The Hall–Kier alpha value is -1.93. The van der Waals surface area contributed by atoms with E-state index in [9.17, 15) is 14.7 Å². The molecule has 0 aliphatic heterocycles. The highest BCUT2D eigenvalue weighted by Gasteiger charge is 2.58. The first-order valence-corrected chi connectivity index (χ1v) is 11.9. The van der Waals surface area contributed by atoms with Crippen LogP contribution in [0.25, 0.3) is 0 Å². The molecule has 0 spiro atoms. The van der Waals surface area contributed by atoms with Gasteiger partial charge in [-0.3, -0.25) is 4.79 Å². The number of hydrogen-bond acceptors (Lipinski definition) is 6. The first kappa shape index (κ1) is 23.2. The molecule has 0 unspecified atom stereocenters. The second-order valence-electron chi connectivity index (χ2n) is 10.6. The molecule has 0 saturated heterocycles. The fourth-order valence-corrected chi connectivity index (χ4v) is 7.21. The molecule has 8 heteroatoms. The normalized spacial score (nSPS) is 40.5. The number of nitrogens with zero attached hydrogens (tertiary/aromatic N) is 1. The Morgan fingerprint density at radius 3 is 2.69 bits per heavy atom. The van der Waals surface area contributed by atoms with Gasteiger partial charge in [0, 0.05) is 0 Å². The molecule has 7 atom stereocenters. The van der Waals surface area contributed by atoms with Crippen molar-refractivity contribution in [1.82, 2.24) is 5.32 Å². The van der Waals surface area contributed by atoms with Crippen LogP contribution in [-0.2, 0) is 14.4 Å². The summed E-state index contributed by atoms with van der Waals surface area (Å²) in [6.07, 6.45) is 10.3. The van der Waals surface area contributed by atoms with Gasteiger partial charge in [-0.2, -0.15) is 0 Å². The quantitative estimate of drug-likeness (QED) is 0.461. The van der Waals surface area contributed by atoms with E-state index in [4.69, 9.17) is 15.1 Å². The zero-order valence-corrected chi connectivity index (χ0v) is 19.0. The molecular formula is C24H36N2O6. The summed E-state index contributed by atoms with van der Waals surface area (Å²) >= 11 is 0. The molecule has 4 aliphatic rings. The van der Waals surface area contributed by atoms with E-state index in [0.717, 1.165) is 50.7 Å². The number of oxime groups is 1. The number of carboxylic acid groups (broad SMARTS) is 1. The minimum absolute atomic E-state index is 0.0874. The van der Waals surface area contributed by atoms with Crippen molar-refractivity contribution in [2.75, 3.05) is 13.2 Å². The molecule has 0 radical (unpaired) electrons. The molecule has 1 amide bonds. The third-order valence-corrected chi connectivity index (χ3v) is 9.12. The summed E-state index contributed by atoms with van der Waals surface area (Å²) in [6, 6.07) is -1.34. The molecule has 3 saturated carbocycles. The van der Waals surface area contributed by atoms with Gasteiger partial charge < -0.3 is 25.5 Å². The number of carboxylic acids is 1. The molecule has 0 heterocycles. The Morgan fingerprint density at radius 1 is 1.19 bits per heavy atom. The molecule has 4 aliphatic carbocycles. The van der Waals surface area contributed by atoms with Crippen LogP contribution >= 0.6 is 0 Å². The van der Waals surface area contributed by atoms with Gasteiger partial charge in [-0.1, -0.05) is 24.6 Å². The number of aliphatic hydroxyl groups excluding tert-OH is 2. The fourth-order valence-electron chi connectivity index (χ4n) is 7.21. The van der Waals surface area contributed by atoms with Gasteiger partial charge in [-0.05, 0) is 86.0 Å². The topological polar surface area (TPSA) is 128 Å². The monoisotopic (exact) mass is 448 g/mol. The lowest BCUT2D eigenvalue weighted by Crippen LogP contribution is -2.51. The molecule has 178 valence electrons. The number of hydrogen-bond donors (Lipinski definition) is 4. The average molecular weight is 449 g/mol. The van der Waals surface area contributed by atoms with Gasteiger partial charge in [-0.15, -0.1) is 0 Å². The highest BCUT2D eigenvalue weighted by Crippen LogP contribution is 2.65. The molecule has 8 nitrogen and oxygen atoms in total. The molecule has 4 N–H and O–H groups in total. The van der Waals surface area contributed by atoms with Crippen LogP contribution < -0.4 is 5.32 Å². The summed E-state index contributed by atoms with van der Waals surface area (Å²) < 4.78 is 0. The molecule has 0 aromatic carbocycles. The van der Waals surface area contributed by atoms with Gasteiger partial charge in [0.15, 0.2) is 6.61 Å². The number of allylic oxidation sites excluding steroid dienone is 2. The first-order chi connectivity index (χ1) is 15.2.